The zero-order valence-electron chi connectivity index (χ0n) is 14.2. The van der Waals surface area contributed by atoms with E-state index in [1.807, 2.05) is 31.2 Å². The van der Waals surface area contributed by atoms with Crippen LogP contribution in [0.2, 0.25) is 0 Å². The Labute approximate surface area is 183 Å². The molecule has 0 bridgehead atoms. The summed E-state index contributed by atoms with van der Waals surface area (Å²) in [4.78, 5) is 26.5. The maximum Gasteiger partial charge on any atom is 0.293 e. The van der Waals surface area contributed by atoms with Crippen LogP contribution in [0.1, 0.15) is 18.1 Å². The van der Waals surface area contributed by atoms with Gasteiger partial charge in [-0.15, -0.1) is 0 Å². The number of imide groups is 1. The number of nitrogens with zero attached hydrogens (tertiary/aromatic N) is 1. The summed E-state index contributed by atoms with van der Waals surface area (Å²) in [6.07, 6.45) is 1.63. The Bertz CT molecular complexity index is 930. The van der Waals surface area contributed by atoms with Crippen molar-refractivity contribution in [3.05, 3.63) is 60.5 Å². The lowest BCUT2D eigenvalue weighted by atomic mass is 10.1. The van der Waals surface area contributed by atoms with Crippen molar-refractivity contribution in [2.75, 3.05) is 6.61 Å². The second-order valence-corrected chi connectivity index (χ2v) is 8.77. The van der Waals surface area contributed by atoms with Gasteiger partial charge in [-0.3, -0.25) is 14.5 Å². The molecule has 1 aliphatic heterocycles. The quantitative estimate of drug-likeness (QED) is 0.393. The zero-order valence-corrected chi connectivity index (χ0v) is 18.8. The molecule has 0 saturated carbocycles. The number of hydrogen-bond donors (Lipinski definition) is 1. The lowest BCUT2D eigenvalue weighted by molar-refractivity contribution is -0.123. The smallest absolute Gasteiger partial charge is 0.293 e. The van der Waals surface area contributed by atoms with Crippen molar-refractivity contribution in [3.8, 4) is 11.5 Å². The minimum absolute atomic E-state index is 0.000754. The molecular formula is C19H15BrINO4S. The first-order valence-electron chi connectivity index (χ1n) is 8.04. The third-order valence-electron chi connectivity index (χ3n) is 3.78. The number of carbonyl (C=O) groups is 2. The highest BCUT2D eigenvalue weighted by molar-refractivity contribution is 14.1. The van der Waals surface area contributed by atoms with Crippen LogP contribution in [0.3, 0.4) is 0 Å². The summed E-state index contributed by atoms with van der Waals surface area (Å²) in [6.45, 7) is 2.45. The van der Waals surface area contributed by atoms with Crippen molar-refractivity contribution in [2.45, 2.75) is 13.5 Å². The number of amides is 2. The molecule has 3 rings (SSSR count). The molecule has 0 atom stereocenters. The first-order valence-corrected chi connectivity index (χ1v) is 10.7. The van der Waals surface area contributed by atoms with Gasteiger partial charge in [0.1, 0.15) is 0 Å². The Balaban J connectivity index is 1.85. The van der Waals surface area contributed by atoms with Crippen molar-refractivity contribution in [1.29, 1.82) is 0 Å². The molecule has 2 amide bonds. The van der Waals surface area contributed by atoms with E-state index in [2.05, 4.69) is 38.5 Å². The van der Waals surface area contributed by atoms with Crippen LogP contribution in [-0.2, 0) is 11.3 Å². The van der Waals surface area contributed by atoms with E-state index in [9.17, 15) is 14.7 Å². The Kier molecular flexibility index (Phi) is 6.48. The summed E-state index contributed by atoms with van der Waals surface area (Å²) >= 11 is 6.39. The Hall–Kier alpha value is -1.52. The van der Waals surface area contributed by atoms with E-state index in [1.54, 1.807) is 18.2 Å². The van der Waals surface area contributed by atoms with Gasteiger partial charge in [-0.25, -0.2) is 0 Å². The van der Waals surface area contributed by atoms with Crippen LogP contribution < -0.4 is 4.74 Å². The van der Waals surface area contributed by atoms with Gasteiger partial charge in [0.2, 0.25) is 0 Å². The molecule has 8 heteroatoms. The van der Waals surface area contributed by atoms with E-state index < -0.39 is 0 Å². The second-order valence-electron chi connectivity index (χ2n) is 5.68. The highest BCUT2D eigenvalue weighted by atomic mass is 127. The molecule has 0 unspecified atom stereocenters. The summed E-state index contributed by atoms with van der Waals surface area (Å²) in [5.74, 6) is -0.0113. The molecule has 2 aromatic rings. The number of thioether (sulfide) groups is 1. The molecule has 1 saturated heterocycles. The largest absolute Gasteiger partial charge is 0.503 e. The van der Waals surface area contributed by atoms with Crippen molar-refractivity contribution >= 4 is 67.5 Å². The standard InChI is InChI=1S/C19H15BrINO4S/c1-2-26-15-8-12(7-14(20)17(15)23)9-16-18(24)22(19(25)27-16)10-11-3-5-13(21)6-4-11/h3-9,23H,2,10H2,1H3/b16-9+. The summed E-state index contributed by atoms with van der Waals surface area (Å²) in [5.41, 5.74) is 1.55. The fourth-order valence-corrected chi connectivity index (χ4v) is 4.16. The minimum Gasteiger partial charge on any atom is -0.503 e. The molecule has 0 radical (unpaired) electrons. The van der Waals surface area contributed by atoms with Crippen LogP contribution in [0, 0.1) is 3.57 Å². The van der Waals surface area contributed by atoms with Gasteiger partial charge in [0.15, 0.2) is 11.5 Å². The van der Waals surface area contributed by atoms with Crippen molar-refractivity contribution in [2.24, 2.45) is 0 Å². The molecule has 1 heterocycles. The van der Waals surface area contributed by atoms with Gasteiger partial charge in [-0.1, -0.05) is 12.1 Å². The average Bonchev–Trinajstić information content (AvgIpc) is 2.88. The molecule has 0 aliphatic carbocycles. The third-order valence-corrected chi connectivity index (χ3v) is 6.01. The first-order chi connectivity index (χ1) is 12.9. The molecule has 0 spiro atoms. The van der Waals surface area contributed by atoms with E-state index in [0.717, 1.165) is 20.9 Å². The topological polar surface area (TPSA) is 66.8 Å². The average molecular weight is 560 g/mol. The van der Waals surface area contributed by atoms with Crippen molar-refractivity contribution in [1.82, 2.24) is 4.90 Å². The van der Waals surface area contributed by atoms with Crippen LogP contribution in [0.5, 0.6) is 11.5 Å². The van der Waals surface area contributed by atoms with E-state index in [0.29, 0.717) is 27.3 Å². The van der Waals surface area contributed by atoms with Gasteiger partial charge in [0, 0.05) is 3.57 Å². The predicted octanol–water partition coefficient (Wildman–Crippen LogP) is 5.39. The molecule has 27 heavy (non-hydrogen) atoms. The lowest BCUT2D eigenvalue weighted by Gasteiger charge is -2.12. The summed E-state index contributed by atoms with van der Waals surface area (Å²) < 4.78 is 6.95. The number of carbonyl (C=O) groups excluding carboxylic acids is 2. The number of phenolic OH excluding ortho intramolecular Hbond substituents is 1. The highest BCUT2D eigenvalue weighted by Crippen LogP contribution is 2.38. The van der Waals surface area contributed by atoms with Crippen LogP contribution in [0.15, 0.2) is 45.8 Å². The molecule has 1 fully saturated rings. The summed E-state index contributed by atoms with van der Waals surface area (Å²) in [7, 11) is 0. The highest BCUT2D eigenvalue weighted by Gasteiger charge is 2.35. The molecule has 2 aromatic carbocycles. The first kappa shape index (κ1) is 20.2. The summed E-state index contributed by atoms with van der Waals surface area (Å²) in [6, 6.07) is 11.0. The summed E-state index contributed by atoms with van der Waals surface area (Å²) in [5, 5.41) is 9.71. The Morgan fingerprint density at radius 3 is 2.63 bits per heavy atom. The van der Waals surface area contributed by atoms with Crippen LogP contribution in [-0.4, -0.2) is 27.8 Å². The minimum atomic E-state index is -0.328. The van der Waals surface area contributed by atoms with Gasteiger partial charge in [0.05, 0.1) is 22.5 Å². The molecular weight excluding hydrogens is 545 g/mol. The Morgan fingerprint density at radius 1 is 1.26 bits per heavy atom. The van der Waals surface area contributed by atoms with Gasteiger partial charge >= 0.3 is 0 Å². The molecule has 1 N–H and O–H groups in total. The molecule has 1 aliphatic rings. The van der Waals surface area contributed by atoms with Crippen LogP contribution in [0.25, 0.3) is 6.08 Å². The van der Waals surface area contributed by atoms with E-state index in [1.165, 1.54) is 4.90 Å². The molecule has 140 valence electrons. The number of aromatic hydroxyl groups is 1. The zero-order chi connectivity index (χ0) is 19.6. The predicted molar refractivity (Wildman–Crippen MR) is 118 cm³/mol. The van der Waals surface area contributed by atoms with Crippen LogP contribution >= 0.6 is 50.3 Å². The SMILES string of the molecule is CCOc1cc(/C=C2/SC(=O)N(Cc3ccc(I)cc3)C2=O)cc(Br)c1O. The Morgan fingerprint density at radius 2 is 1.96 bits per heavy atom. The van der Waals surface area contributed by atoms with Gasteiger partial charge in [-0.05, 0) is 98.7 Å². The number of phenols is 1. The normalized spacial score (nSPS) is 15.7. The fourth-order valence-electron chi connectivity index (χ4n) is 2.50. The van der Waals surface area contributed by atoms with E-state index in [-0.39, 0.29) is 23.4 Å². The van der Waals surface area contributed by atoms with E-state index >= 15 is 0 Å². The maximum absolute atomic E-state index is 12.7. The molecule has 5 nitrogen and oxygen atoms in total. The lowest BCUT2D eigenvalue weighted by Crippen LogP contribution is -2.27. The number of hydrogen-bond acceptors (Lipinski definition) is 5. The van der Waals surface area contributed by atoms with Crippen LogP contribution in [0.4, 0.5) is 4.79 Å². The second kappa shape index (κ2) is 8.66. The van der Waals surface area contributed by atoms with Gasteiger partial charge in [0.25, 0.3) is 11.1 Å². The van der Waals surface area contributed by atoms with Crippen molar-refractivity contribution in [3.63, 3.8) is 0 Å². The number of ether oxygens (including phenoxy) is 1. The number of rotatable bonds is 5. The monoisotopic (exact) mass is 559 g/mol. The third kappa shape index (κ3) is 4.67. The van der Waals surface area contributed by atoms with E-state index in [4.69, 9.17) is 4.74 Å². The number of benzene rings is 2. The van der Waals surface area contributed by atoms with Gasteiger partial charge in [-0.2, -0.15) is 0 Å². The van der Waals surface area contributed by atoms with Gasteiger partial charge < -0.3 is 9.84 Å². The van der Waals surface area contributed by atoms with Crippen molar-refractivity contribution < 1.29 is 19.4 Å². The fraction of sp³-hybridized carbons (Fsp3) is 0.158. The number of halogens is 2. The maximum atomic E-state index is 12.7. The molecule has 0 aromatic heterocycles.